The number of anilines is 1. The van der Waals surface area contributed by atoms with Crippen molar-refractivity contribution >= 4 is 5.82 Å². The summed E-state index contributed by atoms with van der Waals surface area (Å²) in [7, 11) is 0. The molecule has 1 N–H and O–H groups in total. The van der Waals surface area contributed by atoms with Gasteiger partial charge in [-0.3, -0.25) is 0 Å². The van der Waals surface area contributed by atoms with Gasteiger partial charge < -0.3 is 10.2 Å². The highest BCUT2D eigenvalue weighted by Crippen LogP contribution is 2.19. The van der Waals surface area contributed by atoms with Gasteiger partial charge in [0.05, 0.1) is 0 Å². The fourth-order valence-corrected chi connectivity index (χ4v) is 2.38. The second kappa shape index (κ2) is 6.01. The van der Waals surface area contributed by atoms with Gasteiger partial charge in [-0.2, -0.15) is 0 Å². The molecule has 0 spiro atoms. The zero-order valence-corrected chi connectivity index (χ0v) is 11.0. The normalized spacial score (nSPS) is 16.2. The first kappa shape index (κ1) is 12.4. The minimum absolute atomic E-state index is 0.945. The summed E-state index contributed by atoms with van der Waals surface area (Å²) in [6.45, 7) is 8.51. The lowest BCUT2D eigenvalue weighted by Gasteiger charge is -2.28. The number of nitrogens with one attached hydrogen (secondary N) is 1. The highest BCUT2D eigenvalue weighted by molar-refractivity contribution is 5.43. The van der Waals surface area contributed by atoms with Crippen molar-refractivity contribution in [2.24, 2.45) is 0 Å². The van der Waals surface area contributed by atoms with Gasteiger partial charge in [0.15, 0.2) is 0 Å². The second-order valence-corrected chi connectivity index (χ2v) is 4.80. The third-order valence-corrected chi connectivity index (χ3v) is 3.26. The third kappa shape index (κ3) is 3.43. The number of hydrogen-bond donors (Lipinski definition) is 1. The van der Waals surface area contributed by atoms with Crippen molar-refractivity contribution in [2.45, 2.75) is 39.7 Å². The van der Waals surface area contributed by atoms with Crippen molar-refractivity contribution in [1.29, 1.82) is 0 Å². The van der Waals surface area contributed by atoms with Crippen molar-refractivity contribution in [3.8, 4) is 0 Å². The van der Waals surface area contributed by atoms with E-state index >= 15 is 0 Å². The molecule has 0 aromatic carbocycles. The molecule has 0 radical (unpaired) electrons. The summed E-state index contributed by atoms with van der Waals surface area (Å²) in [5.41, 5.74) is 2.47. The molecule has 1 aliphatic rings. The molecule has 0 bridgehead atoms. The van der Waals surface area contributed by atoms with Crippen LogP contribution in [0, 0.1) is 6.92 Å². The minimum Gasteiger partial charge on any atom is -0.357 e. The standard InChI is InChI=1S/C14H23N3/c1-3-15-11-13-9-12(2)16-14(10-13)17-7-5-4-6-8-17/h9-10,15H,3-8,11H2,1-2H3. The third-order valence-electron chi connectivity index (χ3n) is 3.26. The number of pyridine rings is 1. The van der Waals surface area contributed by atoms with E-state index in [4.69, 9.17) is 0 Å². The summed E-state index contributed by atoms with van der Waals surface area (Å²) >= 11 is 0. The Morgan fingerprint density at radius 1 is 1.24 bits per heavy atom. The Hall–Kier alpha value is -1.09. The van der Waals surface area contributed by atoms with Gasteiger partial charge >= 0.3 is 0 Å². The maximum absolute atomic E-state index is 4.66. The smallest absolute Gasteiger partial charge is 0.129 e. The summed E-state index contributed by atoms with van der Waals surface area (Å²) in [4.78, 5) is 7.09. The highest BCUT2D eigenvalue weighted by Gasteiger charge is 2.12. The van der Waals surface area contributed by atoms with E-state index < -0.39 is 0 Å². The molecule has 2 heterocycles. The Kier molecular flexibility index (Phi) is 4.37. The molecule has 17 heavy (non-hydrogen) atoms. The summed E-state index contributed by atoms with van der Waals surface area (Å²) in [5, 5.41) is 3.38. The second-order valence-electron chi connectivity index (χ2n) is 4.80. The highest BCUT2D eigenvalue weighted by atomic mass is 15.2. The first-order chi connectivity index (χ1) is 8.29. The molecule has 2 rings (SSSR count). The summed E-state index contributed by atoms with van der Waals surface area (Å²) in [6, 6.07) is 4.41. The van der Waals surface area contributed by atoms with E-state index in [0.29, 0.717) is 0 Å². The maximum Gasteiger partial charge on any atom is 0.129 e. The molecule has 0 atom stereocenters. The van der Waals surface area contributed by atoms with Gasteiger partial charge in [0.2, 0.25) is 0 Å². The molecular formula is C14H23N3. The van der Waals surface area contributed by atoms with Crippen LogP contribution in [0.15, 0.2) is 12.1 Å². The van der Waals surface area contributed by atoms with Gasteiger partial charge in [-0.25, -0.2) is 4.98 Å². The van der Waals surface area contributed by atoms with Gasteiger partial charge in [0.25, 0.3) is 0 Å². The van der Waals surface area contributed by atoms with Crippen LogP contribution < -0.4 is 10.2 Å². The monoisotopic (exact) mass is 233 g/mol. The van der Waals surface area contributed by atoms with E-state index in [-0.39, 0.29) is 0 Å². The fraction of sp³-hybridized carbons (Fsp3) is 0.643. The van der Waals surface area contributed by atoms with E-state index in [9.17, 15) is 0 Å². The van der Waals surface area contributed by atoms with E-state index in [1.165, 1.54) is 24.8 Å². The van der Waals surface area contributed by atoms with Crippen molar-refractivity contribution in [1.82, 2.24) is 10.3 Å². The molecule has 94 valence electrons. The lowest BCUT2D eigenvalue weighted by atomic mass is 10.1. The molecule has 1 aromatic heterocycles. The van der Waals surface area contributed by atoms with Crippen LogP contribution in [-0.4, -0.2) is 24.6 Å². The summed E-state index contributed by atoms with van der Waals surface area (Å²) in [6.07, 6.45) is 3.98. The summed E-state index contributed by atoms with van der Waals surface area (Å²) in [5.74, 6) is 1.16. The van der Waals surface area contributed by atoms with Crippen LogP contribution in [0.3, 0.4) is 0 Å². The molecular weight excluding hydrogens is 210 g/mol. The van der Waals surface area contributed by atoms with Gasteiger partial charge in [0, 0.05) is 25.3 Å². The Bertz CT molecular complexity index is 356. The first-order valence-electron chi connectivity index (χ1n) is 6.73. The van der Waals surface area contributed by atoms with E-state index in [0.717, 1.165) is 37.7 Å². The zero-order valence-electron chi connectivity index (χ0n) is 11.0. The number of piperidine rings is 1. The SMILES string of the molecule is CCNCc1cc(C)nc(N2CCCCC2)c1. The molecule has 0 saturated carbocycles. The molecule has 0 aliphatic carbocycles. The van der Waals surface area contributed by atoms with E-state index in [2.05, 4.69) is 41.2 Å². The molecule has 0 unspecified atom stereocenters. The largest absolute Gasteiger partial charge is 0.357 e. The van der Waals surface area contributed by atoms with Crippen LogP contribution in [0.5, 0.6) is 0 Å². The Morgan fingerprint density at radius 3 is 2.71 bits per heavy atom. The lowest BCUT2D eigenvalue weighted by Crippen LogP contribution is -2.30. The molecule has 3 nitrogen and oxygen atoms in total. The molecule has 1 aliphatic heterocycles. The van der Waals surface area contributed by atoms with Gasteiger partial charge in [-0.15, -0.1) is 0 Å². The van der Waals surface area contributed by atoms with Crippen LogP contribution >= 0.6 is 0 Å². The Labute approximate surface area is 104 Å². The predicted octanol–water partition coefficient (Wildman–Crippen LogP) is 2.49. The number of aromatic nitrogens is 1. The fourth-order valence-electron chi connectivity index (χ4n) is 2.38. The minimum atomic E-state index is 0.945. The summed E-state index contributed by atoms with van der Waals surface area (Å²) < 4.78 is 0. The number of hydrogen-bond acceptors (Lipinski definition) is 3. The number of aryl methyl sites for hydroxylation is 1. The lowest BCUT2D eigenvalue weighted by molar-refractivity contribution is 0.572. The predicted molar refractivity (Wildman–Crippen MR) is 72.4 cm³/mol. The van der Waals surface area contributed by atoms with Crippen LogP contribution in [0.1, 0.15) is 37.4 Å². The average molecular weight is 233 g/mol. The molecule has 1 aromatic rings. The molecule has 1 fully saturated rings. The quantitative estimate of drug-likeness (QED) is 0.866. The average Bonchev–Trinajstić information content (AvgIpc) is 2.37. The van der Waals surface area contributed by atoms with Crippen molar-refractivity contribution in [3.05, 3.63) is 23.4 Å². The van der Waals surface area contributed by atoms with Crippen molar-refractivity contribution in [2.75, 3.05) is 24.5 Å². The van der Waals surface area contributed by atoms with Crippen LogP contribution in [-0.2, 0) is 6.54 Å². The number of rotatable bonds is 4. The van der Waals surface area contributed by atoms with Crippen LogP contribution in [0.2, 0.25) is 0 Å². The van der Waals surface area contributed by atoms with Gasteiger partial charge in [0.1, 0.15) is 5.82 Å². The van der Waals surface area contributed by atoms with Crippen molar-refractivity contribution in [3.63, 3.8) is 0 Å². The molecule has 3 heteroatoms. The topological polar surface area (TPSA) is 28.2 Å². The van der Waals surface area contributed by atoms with Crippen molar-refractivity contribution < 1.29 is 0 Å². The van der Waals surface area contributed by atoms with Gasteiger partial charge in [-0.05, 0) is 50.4 Å². The first-order valence-corrected chi connectivity index (χ1v) is 6.73. The zero-order chi connectivity index (χ0) is 12.1. The van der Waals surface area contributed by atoms with Crippen LogP contribution in [0.4, 0.5) is 5.82 Å². The van der Waals surface area contributed by atoms with Gasteiger partial charge in [-0.1, -0.05) is 6.92 Å². The number of nitrogens with zero attached hydrogens (tertiary/aromatic N) is 2. The molecule has 0 amide bonds. The van der Waals surface area contributed by atoms with E-state index in [1.54, 1.807) is 0 Å². The Balaban J connectivity index is 2.12. The maximum atomic E-state index is 4.66. The van der Waals surface area contributed by atoms with Crippen LogP contribution in [0.25, 0.3) is 0 Å². The van der Waals surface area contributed by atoms with E-state index in [1.807, 2.05) is 0 Å². The Morgan fingerprint density at radius 2 is 2.00 bits per heavy atom. The molecule has 1 saturated heterocycles.